The van der Waals surface area contributed by atoms with Crippen molar-refractivity contribution in [3.63, 3.8) is 0 Å². The quantitative estimate of drug-likeness (QED) is 0.899. The van der Waals surface area contributed by atoms with Crippen LogP contribution in [-0.4, -0.2) is 16.5 Å². The third-order valence-corrected chi connectivity index (χ3v) is 3.89. The minimum Gasteiger partial charge on any atom is -0.369 e. The van der Waals surface area contributed by atoms with E-state index in [4.69, 9.17) is 11.6 Å². The van der Waals surface area contributed by atoms with Gasteiger partial charge in [0.25, 0.3) is 0 Å². The van der Waals surface area contributed by atoms with Crippen LogP contribution in [0.15, 0.2) is 22.8 Å². The van der Waals surface area contributed by atoms with Gasteiger partial charge in [0.1, 0.15) is 5.82 Å². The Kier molecular flexibility index (Phi) is 4.36. The van der Waals surface area contributed by atoms with Crippen LogP contribution in [-0.2, 0) is 0 Å². The molecule has 0 amide bonds. The summed E-state index contributed by atoms with van der Waals surface area (Å²) >= 11 is 10.8. The Morgan fingerprint density at radius 3 is 2.94 bits per heavy atom. The molecule has 0 aliphatic carbocycles. The van der Waals surface area contributed by atoms with E-state index in [9.17, 15) is 0 Å². The van der Waals surface area contributed by atoms with Gasteiger partial charge in [-0.1, -0.05) is 18.5 Å². The topological polar surface area (TPSA) is 37.8 Å². The number of nitrogens with one attached hydrogen (secondary N) is 1. The summed E-state index contributed by atoms with van der Waals surface area (Å²) < 4.78 is 1.62. The van der Waals surface area contributed by atoms with E-state index in [1.54, 1.807) is 6.20 Å². The van der Waals surface area contributed by atoms with Gasteiger partial charge in [0.2, 0.25) is 0 Å². The molecule has 6 heteroatoms. The summed E-state index contributed by atoms with van der Waals surface area (Å²) in [6.07, 6.45) is 2.81. The monoisotopic (exact) mass is 331 g/mol. The molecular formula is C11H11BrClN3S. The van der Waals surface area contributed by atoms with Crippen molar-refractivity contribution in [1.82, 2.24) is 9.97 Å². The fraction of sp³-hybridized carbons (Fsp3) is 0.273. The van der Waals surface area contributed by atoms with Crippen molar-refractivity contribution >= 4 is 44.7 Å². The maximum absolute atomic E-state index is 5.90. The van der Waals surface area contributed by atoms with Gasteiger partial charge >= 0.3 is 0 Å². The molecular weight excluding hydrogens is 322 g/mol. The van der Waals surface area contributed by atoms with E-state index in [0.29, 0.717) is 5.82 Å². The van der Waals surface area contributed by atoms with Crippen LogP contribution in [0.25, 0.3) is 10.7 Å². The maximum Gasteiger partial charge on any atom is 0.171 e. The molecule has 0 unspecified atom stereocenters. The Morgan fingerprint density at radius 1 is 1.47 bits per heavy atom. The minimum atomic E-state index is 0.698. The van der Waals surface area contributed by atoms with Crippen LogP contribution < -0.4 is 5.32 Å². The molecule has 0 fully saturated rings. The molecule has 0 aliphatic rings. The second-order valence-corrected chi connectivity index (χ2v) is 5.99. The standard InChI is InChI=1S/C11H11BrClN3S/c1-2-5-14-10-7(12)6-15-11(16-10)8-3-4-9(13)17-8/h3-4,6H,2,5H2,1H3,(H,14,15,16). The number of nitrogens with zero attached hydrogens (tertiary/aromatic N) is 2. The van der Waals surface area contributed by atoms with E-state index < -0.39 is 0 Å². The van der Waals surface area contributed by atoms with E-state index in [1.165, 1.54) is 11.3 Å². The highest BCUT2D eigenvalue weighted by Gasteiger charge is 2.08. The molecule has 0 saturated heterocycles. The van der Waals surface area contributed by atoms with Crippen LogP contribution in [0, 0.1) is 0 Å². The van der Waals surface area contributed by atoms with Gasteiger partial charge in [-0.3, -0.25) is 0 Å². The highest BCUT2D eigenvalue weighted by Crippen LogP contribution is 2.30. The van der Waals surface area contributed by atoms with E-state index in [2.05, 4.69) is 38.1 Å². The van der Waals surface area contributed by atoms with Gasteiger partial charge in [0.15, 0.2) is 5.82 Å². The van der Waals surface area contributed by atoms with Crippen molar-refractivity contribution in [2.24, 2.45) is 0 Å². The Labute approximate surface area is 117 Å². The molecule has 2 aromatic rings. The molecule has 2 heterocycles. The summed E-state index contributed by atoms with van der Waals surface area (Å²) in [6.45, 7) is 3.00. The zero-order valence-corrected chi connectivity index (χ0v) is 12.4. The SMILES string of the molecule is CCCNc1nc(-c2ccc(Cl)s2)ncc1Br. The number of hydrogen-bond acceptors (Lipinski definition) is 4. The molecule has 0 atom stereocenters. The van der Waals surface area contributed by atoms with Crippen LogP contribution in [0.4, 0.5) is 5.82 Å². The van der Waals surface area contributed by atoms with Gasteiger partial charge in [0, 0.05) is 12.7 Å². The zero-order chi connectivity index (χ0) is 12.3. The van der Waals surface area contributed by atoms with Gasteiger partial charge < -0.3 is 5.32 Å². The van der Waals surface area contributed by atoms with Gasteiger partial charge in [0.05, 0.1) is 13.7 Å². The van der Waals surface area contributed by atoms with E-state index in [1.807, 2.05) is 12.1 Å². The van der Waals surface area contributed by atoms with E-state index >= 15 is 0 Å². The number of anilines is 1. The molecule has 0 aromatic carbocycles. The molecule has 3 nitrogen and oxygen atoms in total. The third kappa shape index (κ3) is 3.18. The maximum atomic E-state index is 5.90. The molecule has 2 rings (SSSR count). The highest BCUT2D eigenvalue weighted by molar-refractivity contribution is 9.10. The Hall–Kier alpha value is -0.650. The normalized spacial score (nSPS) is 10.5. The number of halogens is 2. The highest BCUT2D eigenvalue weighted by atomic mass is 79.9. The van der Waals surface area contributed by atoms with Crippen LogP contribution in [0.2, 0.25) is 4.34 Å². The zero-order valence-electron chi connectivity index (χ0n) is 9.20. The summed E-state index contributed by atoms with van der Waals surface area (Å²) in [5.41, 5.74) is 0. The molecule has 90 valence electrons. The molecule has 17 heavy (non-hydrogen) atoms. The Morgan fingerprint density at radius 2 is 2.29 bits per heavy atom. The fourth-order valence-electron chi connectivity index (χ4n) is 1.29. The predicted molar refractivity (Wildman–Crippen MR) is 76.8 cm³/mol. The smallest absolute Gasteiger partial charge is 0.171 e. The molecule has 1 N–H and O–H groups in total. The van der Waals surface area contributed by atoms with Crippen LogP contribution in [0.5, 0.6) is 0 Å². The van der Waals surface area contributed by atoms with Crippen molar-refractivity contribution < 1.29 is 0 Å². The molecule has 0 bridgehead atoms. The predicted octanol–water partition coefficient (Wildman–Crippen LogP) is 4.44. The molecule has 0 aliphatic heterocycles. The molecule has 2 aromatic heterocycles. The summed E-state index contributed by atoms with van der Waals surface area (Å²) in [6, 6.07) is 3.78. The first-order chi connectivity index (χ1) is 8.20. The second kappa shape index (κ2) is 5.80. The largest absolute Gasteiger partial charge is 0.369 e. The average molecular weight is 333 g/mol. The van der Waals surface area contributed by atoms with E-state index in [0.717, 1.165) is 32.5 Å². The summed E-state index contributed by atoms with van der Waals surface area (Å²) in [7, 11) is 0. The van der Waals surface area contributed by atoms with Crippen molar-refractivity contribution in [3.8, 4) is 10.7 Å². The minimum absolute atomic E-state index is 0.698. The molecule has 0 saturated carbocycles. The van der Waals surface area contributed by atoms with Crippen molar-refractivity contribution in [3.05, 3.63) is 27.1 Å². The number of aromatic nitrogens is 2. The molecule has 0 radical (unpaired) electrons. The average Bonchev–Trinajstić information content (AvgIpc) is 2.75. The third-order valence-electron chi connectivity index (χ3n) is 2.08. The number of rotatable bonds is 4. The number of thiophene rings is 1. The van der Waals surface area contributed by atoms with Gasteiger partial charge in [-0.15, -0.1) is 11.3 Å². The Bertz CT molecular complexity index is 515. The van der Waals surface area contributed by atoms with E-state index in [-0.39, 0.29) is 0 Å². The lowest BCUT2D eigenvalue weighted by atomic mass is 10.4. The van der Waals surface area contributed by atoms with Gasteiger partial charge in [-0.05, 0) is 34.5 Å². The first-order valence-corrected chi connectivity index (χ1v) is 7.21. The van der Waals surface area contributed by atoms with Crippen molar-refractivity contribution in [2.75, 3.05) is 11.9 Å². The van der Waals surface area contributed by atoms with Gasteiger partial charge in [-0.25, -0.2) is 9.97 Å². The lowest BCUT2D eigenvalue weighted by Gasteiger charge is -2.06. The first-order valence-electron chi connectivity index (χ1n) is 5.23. The molecule has 0 spiro atoms. The van der Waals surface area contributed by atoms with Crippen LogP contribution >= 0.6 is 38.9 Å². The Balaban J connectivity index is 2.30. The lowest BCUT2D eigenvalue weighted by Crippen LogP contribution is -2.04. The summed E-state index contributed by atoms with van der Waals surface area (Å²) in [4.78, 5) is 9.73. The summed E-state index contributed by atoms with van der Waals surface area (Å²) in [5, 5.41) is 3.25. The lowest BCUT2D eigenvalue weighted by molar-refractivity contribution is 0.963. The summed E-state index contributed by atoms with van der Waals surface area (Å²) in [5.74, 6) is 1.52. The number of hydrogen-bond donors (Lipinski definition) is 1. The van der Waals surface area contributed by atoms with Crippen LogP contribution in [0.3, 0.4) is 0 Å². The van der Waals surface area contributed by atoms with Gasteiger partial charge in [-0.2, -0.15) is 0 Å². The van der Waals surface area contributed by atoms with Crippen molar-refractivity contribution in [2.45, 2.75) is 13.3 Å². The first kappa shape index (κ1) is 12.8. The fourth-order valence-corrected chi connectivity index (χ4v) is 2.60. The van der Waals surface area contributed by atoms with Crippen molar-refractivity contribution in [1.29, 1.82) is 0 Å². The van der Waals surface area contributed by atoms with Crippen LogP contribution in [0.1, 0.15) is 13.3 Å². The second-order valence-electron chi connectivity index (χ2n) is 3.42.